The molecule has 0 aliphatic heterocycles. The largest absolute Gasteiger partial charge is 0.444 e. The molecule has 1 fully saturated rings. The fraction of sp³-hybridized carbons (Fsp3) is 0.400. The highest BCUT2D eigenvalue weighted by Crippen LogP contribution is 2.41. The molecule has 144 valence electrons. The first kappa shape index (κ1) is 19.2. The van der Waals surface area contributed by atoms with Crippen LogP contribution in [0.4, 0.5) is 18.0 Å². The fourth-order valence-corrected chi connectivity index (χ4v) is 2.83. The van der Waals surface area contributed by atoms with Gasteiger partial charge in [-0.25, -0.2) is 4.79 Å². The van der Waals surface area contributed by atoms with Crippen LogP contribution < -0.4 is 5.32 Å². The number of nitrogens with one attached hydrogen (secondary N) is 1. The van der Waals surface area contributed by atoms with Crippen molar-refractivity contribution in [1.82, 2.24) is 10.3 Å². The molecule has 1 aromatic heterocycles. The Morgan fingerprint density at radius 1 is 1.19 bits per heavy atom. The number of carbonyl (C=O) groups is 1. The molecule has 0 spiro atoms. The molecule has 1 N–H and O–H groups in total. The Bertz CT molecular complexity index is 826. The van der Waals surface area contributed by atoms with Gasteiger partial charge in [-0.2, -0.15) is 13.2 Å². The van der Waals surface area contributed by atoms with Gasteiger partial charge in [0.25, 0.3) is 0 Å². The van der Waals surface area contributed by atoms with Gasteiger partial charge in [-0.15, -0.1) is 0 Å². The van der Waals surface area contributed by atoms with Crippen LogP contribution in [0.2, 0.25) is 0 Å². The number of hydrogen-bond acceptors (Lipinski definition) is 3. The number of amides is 1. The molecular weight excluding hydrogens is 357 g/mol. The number of benzene rings is 1. The van der Waals surface area contributed by atoms with Gasteiger partial charge in [-0.3, -0.25) is 4.98 Å². The number of nitrogens with zero attached hydrogens (tertiary/aromatic N) is 1. The average molecular weight is 378 g/mol. The van der Waals surface area contributed by atoms with Crippen molar-refractivity contribution in [2.24, 2.45) is 0 Å². The molecule has 2 atom stereocenters. The number of hydrogen-bond donors (Lipinski definition) is 1. The number of pyridine rings is 1. The predicted molar refractivity (Wildman–Crippen MR) is 95.2 cm³/mol. The van der Waals surface area contributed by atoms with Crippen molar-refractivity contribution in [3.05, 3.63) is 53.7 Å². The van der Waals surface area contributed by atoms with Crippen LogP contribution in [0, 0.1) is 0 Å². The van der Waals surface area contributed by atoms with Crippen LogP contribution in [0.1, 0.15) is 44.2 Å². The van der Waals surface area contributed by atoms with Gasteiger partial charge in [0, 0.05) is 23.7 Å². The zero-order valence-corrected chi connectivity index (χ0v) is 15.3. The Hall–Kier alpha value is -2.57. The van der Waals surface area contributed by atoms with Crippen molar-refractivity contribution >= 4 is 6.09 Å². The van der Waals surface area contributed by atoms with Gasteiger partial charge >= 0.3 is 12.3 Å². The second-order valence-electron chi connectivity index (χ2n) is 7.65. The SMILES string of the molecule is CC(C)(C)OC(=O)NC1CC1c1ccc(-c2cccc(C(F)(F)F)c2)nc1. The Morgan fingerprint density at radius 2 is 1.93 bits per heavy atom. The van der Waals surface area contributed by atoms with E-state index in [2.05, 4.69) is 10.3 Å². The number of alkyl carbamates (subject to hydrolysis) is 1. The summed E-state index contributed by atoms with van der Waals surface area (Å²) in [5.74, 6) is 0.139. The molecule has 1 heterocycles. The van der Waals surface area contributed by atoms with E-state index in [4.69, 9.17) is 4.74 Å². The van der Waals surface area contributed by atoms with E-state index in [0.717, 1.165) is 24.1 Å². The number of alkyl halides is 3. The Labute approximate surface area is 155 Å². The first-order chi connectivity index (χ1) is 12.5. The molecule has 0 radical (unpaired) electrons. The maximum absolute atomic E-state index is 12.8. The van der Waals surface area contributed by atoms with Gasteiger partial charge in [0.15, 0.2) is 0 Å². The average Bonchev–Trinajstić information content (AvgIpc) is 3.31. The lowest BCUT2D eigenvalue weighted by Crippen LogP contribution is -2.34. The lowest BCUT2D eigenvalue weighted by Gasteiger charge is -2.19. The number of ether oxygens (including phenoxy) is 1. The Kier molecular flexibility index (Phi) is 4.88. The first-order valence-electron chi connectivity index (χ1n) is 8.66. The van der Waals surface area contributed by atoms with Crippen LogP contribution in [0.25, 0.3) is 11.3 Å². The highest BCUT2D eigenvalue weighted by atomic mass is 19.4. The summed E-state index contributed by atoms with van der Waals surface area (Å²) in [4.78, 5) is 16.1. The van der Waals surface area contributed by atoms with Gasteiger partial charge in [0.1, 0.15) is 5.60 Å². The fourth-order valence-electron chi connectivity index (χ4n) is 2.83. The van der Waals surface area contributed by atoms with Crippen molar-refractivity contribution in [2.75, 3.05) is 0 Å². The molecule has 27 heavy (non-hydrogen) atoms. The highest BCUT2D eigenvalue weighted by molar-refractivity contribution is 5.69. The van der Waals surface area contributed by atoms with E-state index in [-0.39, 0.29) is 12.0 Å². The molecule has 4 nitrogen and oxygen atoms in total. The number of halogens is 3. The van der Waals surface area contributed by atoms with Crippen LogP contribution in [-0.4, -0.2) is 22.7 Å². The van der Waals surface area contributed by atoms with Crippen LogP contribution >= 0.6 is 0 Å². The highest BCUT2D eigenvalue weighted by Gasteiger charge is 2.40. The summed E-state index contributed by atoms with van der Waals surface area (Å²) in [6.07, 6.45) is -2.41. The monoisotopic (exact) mass is 378 g/mol. The molecule has 0 bridgehead atoms. The summed E-state index contributed by atoms with van der Waals surface area (Å²) in [6.45, 7) is 5.40. The minimum Gasteiger partial charge on any atom is -0.444 e. The van der Waals surface area contributed by atoms with E-state index >= 15 is 0 Å². The van der Waals surface area contributed by atoms with Gasteiger partial charge in [0.05, 0.1) is 11.3 Å². The number of aromatic nitrogens is 1. The maximum Gasteiger partial charge on any atom is 0.416 e. The van der Waals surface area contributed by atoms with Crippen LogP contribution in [0.3, 0.4) is 0 Å². The quantitative estimate of drug-likeness (QED) is 0.804. The van der Waals surface area contributed by atoms with Crippen LogP contribution in [0.15, 0.2) is 42.6 Å². The standard InChI is InChI=1S/C20H21F3N2O2/c1-19(2,3)27-18(26)25-17-10-15(17)13-7-8-16(24-11-13)12-5-4-6-14(9-12)20(21,22)23/h4-9,11,15,17H,10H2,1-3H3,(H,25,26). The topological polar surface area (TPSA) is 51.2 Å². The molecule has 1 aliphatic rings. The van der Waals surface area contributed by atoms with Gasteiger partial charge in [-0.1, -0.05) is 18.2 Å². The zero-order chi connectivity index (χ0) is 19.8. The van der Waals surface area contributed by atoms with E-state index in [1.807, 2.05) is 6.07 Å². The summed E-state index contributed by atoms with van der Waals surface area (Å²) in [5, 5.41) is 2.82. The van der Waals surface area contributed by atoms with Gasteiger partial charge in [-0.05, 0) is 51.0 Å². The first-order valence-corrected chi connectivity index (χ1v) is 8.66. The normalized spacial score (nSPS) is 19.5. The second kappa shape index (κ2) is 6.87. The molecule has 1 amide bonds. The van der Waals surface area contributed by atoms with E-state index in [0.29, 0.717) is 11.3 Å². The van der Waals surface area contributed by atoms with Crippen molar-refractivity contribution in [3.8, 4) is 11.3 Å². The molecule has 7 heteroatoms. The maximum atomic E-state index is 12.8. The van der Waals surface area contributed by atoms with Gasteiger partial charge in [0.2, 0.25) is 0 Å². The van der Waals surface area contributed by atoms with Crippen molar-refractivity contribution in [1.29, 1.82) is 0 Å². The smallest absolute Gasteiger partial charge is 0.416 e. The summed E-state index contributed by atoms with van der Waals surface area (Å²) in [7, 11) is 0. The molecule has 3 rings (SSSR count). The minimum atomic E-state index is -4.38. The summed E-state index contributed by atoms with van der Waals surface area (Å²) >= 11 is 0. The molecule has 2 aromatic rings. The van der Waals surface area contributed by atoms with E-state index < -0.39 is 23.4 Å². The number of rotatable bonds is 3. The van der Waals surface area contributed by atoms with E-state index in [1.165, 1.54) is 6.07 Å². The Balaban J connectivity index is 1.65. The van der Waals surface area contributed by atoms with E-state index in [9.17, 15) is 18.0 Å². The van der Waals surface area contributed by atoms with E-state index in [1.54, 1.807) is 39.1 Å². The molecule has 2 unspecified atom stereocenters. The Morgan fingerprint density at radius 3 is 2.52 bits per heavy atom. The van der Waals surface area contributed by atoms with Crippen molar-refractivity contribution < 1.29 is 22.7 Å². The third-order valence-corrected chi connectivity index (χ3v) is 4.19. The third-order valence-electron chi connectivity index (χ3n) is 4.19. The zero-order valence-electron chi connectivity index (χ0n) is 15.3. The van der Waals surface area contributed by atoms with Crippen LogP contribution in [-0.2, 0) is 10.9 Å². The van der Waals surface area contributed by atoms with Crippen molar-refractivity contribution in [3.63, 3.8) is 0 Å². The minimum absolute atomic E-state index is 0.0129. The predicted octanol–water partition coefficient (Wildman–Crippen LogP) is 5.15. The number of carbonyl (C=O) groups excluding carboxylic acids is 1. The van der Waals surface area contributed by atoms with Crippen LogP contribution in [0.5, 0.6) is 0 Å². The third kappa shape index (κ3) is 4.99. The molecule has 1 saturated carbocycles. The van der Waals surface area contributed by atoms with Crippen molar-refractivity contribution in [2.45, 2.75) is 50.9 Å². The lowest BCUT2D eigenvalue weighted by molar-refractivity contribution is -0.137. The lowest BCUT2D eigenvalue weighted by atomic mass is 10.1. The second-order valence-corrected chi connectivity index (χ2v) is 7.65. The molecule has 1 aliphatic carbocycles. The van der Waals surface area contributed by atoms with Gasteiger partial charge < -0.3 is 10.1 Å². The summed E-state index contributed by atoms with van der Waals surface area (Å²) in [5.41, 5.74) is 0.571. The summed E-state index contributed by atoms with van der Waals surface area (Å²) in [6, 6.07) is 8.62. The molecule has 0 saturated heterocycles. The summed E-state index contributed by atoms with van der Waals surface area (Å²) < 4.78 is 43.8. The molecular formula is C20H21F3N2O2. The molecule has 1 aromatic carbocycles.